The number of anilines is 1. The predicted molar refractivity (Wildman–Crippen MR) is 101 cm³/mol. The van der Waals surface area contributed by atoms with Gasteiger partial charge in [-0.25, -0.2) is 4.39 Å². The zero-order chi connectivity index (χ0) is 17.8. The molecule has 1 aliphatic heterocycles. The Morgan fingerprint density at radius 2 is 1.60 bits per heavy atom. The van der Waals surface area contributed by atoms with Crippen molar-refractivity contribution in [3.63, 3.8) is 0 Å². The van der Waals surface area contributed by atoms with E-state index in [9.17, 15) is 4.39 Å². The number of hydrogen-bond donors (Lipinski definition) is 0. The Morgan fingerprint density at radius 3 is 2.20 bits per heavy atom. The fraction of sp³-hybridized carbons (Fsp3) is 0.368. The molecule has 1 saturated heterocycles. The van der Waals surface area contributed by atoms with Gasteiger partial charge in [0.25, 0.3) is 0 Å². The Bertz CT molecular complexity index is 716. The van der Waals surface area contributed by atoms with E-state index in [1.54, 1.807) is 14.2 Å². The fourth-order valence-corrected chi connectivity index (χ4v) is 3.59. The smallest absolute Gasteiger partial charge is 0.133 e. The van der Waals surface area contributed by atoms with E-state index in [1.165, 1.54) is 12.1 Å². The Balaban J connectivity index is 1.65. The first-order chi connectivity index (χ1) is 12.1. The summed E-state index contributed by atoms with van der Waals surface area (Å²) in [5.41, 5.74) is 2.18. The third-order valence-electron chi connectivity index (χ3n) is 4.51. The largest absolute Gasteiger partial charge is 0.496 e. The lowest BCUT2D eigenvalue weighted by Crippen LogP contribution is -2.46. The predicted octanol–water partition coefficient (Wildman–Crippen LogP) is 3.93. The molecule has 1 aliphatic rings. The number of halogens is 2. The van der Waals surface area contributed by atoms with Crippen LogP contribution in [-0.2, 0) is 6.54 Å². The lowest BCUT2D eigenvalue weighted by atomic mass is 10.1. The lowest BCUT2D eigenvalue weighted by molar-refractivity contribution is 0.245. The maximum absolute atomic E-state index is 13.1. The average Bonchev–Trinajstić information content (AvgIpc) is 2.64. The summed E-state index contributed by atoms with van der Waals surface area (Å²) < 4.78 is 24.9. The summed E-state index contributed by atoms with van der Waals surface area (Å²) in [7, 11) is 3.35. The summed E-state index contributed by atoms with van der Waals surface area (Å²) in [4.78, 5) is 4.68. The van der Waals surface area contributed by atoms with Crippen molar-refractivity contribution in [3.05, 3.63) is 52.3 Å². The molecule has 0 aromatic heterocycles. The van der Waals surface area contributed by atoms with Gasteiger partial charge in [0.15, 0.2) is 0 Å². The first-order valence-electron chi connectivity index (χ1n) is 8.24. The van der Waals surface area contributed by atoms with Gasteiger partial charge in [0, 0.05) is 44.0 Å². The molecule has 1 fully saturated rings. The highest BCUT2D eigenvalue weighted by Crippen LogP contribution is 2.33. The van der Waals surface area contributed by atoms with Gasteiger partial charge in [-0.3, -0.25) is 4.90 Å². The van der Waals surface area contributed by atoms with Crippen LogP contribution in [0.5, 0.6) is 11.5 Å². The van der Waals surface area contributed by atoms with Gasteiger partial charge in [-0.2, -0.15) is 0 Å². The molecule has 4 nitrogen and oxygen atoms in total. The Hall–Kier alpha value is -1.79. The molecule has 0 amide bonds. The van der Waals surface area contributed by atoms with Crippen molar-refractivity contribution in [3.8, 4) is 11.5 Å². The van der Waals surface area contributed by atoms with Gasteiger partial charge in [0.05, 0.1) is 18.7 Å². The number of hydrogen-bond acceptors (Lipinski definition) is 4. The number of benzene rings is 2. The SMILES string of the molecule is COc1cc(CN2CCN(c3ccc(F)cc3)CC2)c(OC)cc1Br. The molecular weight excluding hydrogens is 387 g/mol. The standard InChI is InChI=1S/C19H22BrFN2O2/c1-24-18-12-17(20)19(25-2)11-14(18)13-22-7-9-23(10-8-22)16-5-3-15(21)4-6-16/h3-6,11-12H,7-10,13H2,1-2H3. The molecule has 0 spiro atoms. The molecule has 1 heterocycles. The third kappa shape index (κ3) is 4.25. The van der Waals surface area contributed by atoms with Gasteiger partial charge in [-0.05, 0) is 52.3 Å². The van der Waals surface area contributed by atoms with Crippen molar-refractivity contribution in [1.29, 1.82) is 0 Å². The Labute approximate surface area is 156 Å². The van der Waals surface area contributed by atoms with E-state index in [1.807, 2.05) is 24.3 Å². The van der Waals surface area contributed by atoms with Gasteiger partial charge < -0.3 is 14.4 Å². The van der Waals surface area contributed by atoms with E-state index in [0.717, 1.165) is 59.9 Å². The Kier molecular flexibility index (Phi) is 5.81. The summed E-state index contributed by atoms with van der Waals surface area (Å²) in [5.74, 6) is 1.47. The zero-order valence-electron chi connectivity index (χ0n) is 14.5. The van der Waals surface area contributed by atoms with Crippen LogP contribution in [0.15, 0.2) is 40.9 Å². The van der Waals surface area contributed by atoms with Crippen LogP contribution in [0.1, 0.15) is 5.56 Å². The van der Waals surface area contributed by atoms with Crippen molar-refractivity contribution in [2.45, 2.75) is 6.54 Å². The van der Waals surface area contributed by atoms with Crippen LogP contribution >= 0.6 is 15.9 Å². The van der Waals surface area contributed by atoms with Gasteiger partial charge in [-0.15, -0.1) is 0 Å². The first-order valence-corrected chi connectivity index (χ1v) is 9.03. The number of methoxy groups -OCH3 is 2. The van der Waals surface area contributed by atoms with Crippen molar-refractivity contribution < 1.29 is 13.9 Å². The van der Waals surface area contributed by atoms with Crippen LogP contribution in [0.4, 0.5) is 10.1 Å². The maximum atomic E-state index is 13.1. The van der Waals surface area contributed by atoms with Crippen molar-refractivity contribution >= 4 is 21.6 Å². The third-order valence-corrected chi connectivity index (χ3v) is 5.13. The first kappa shape index (κ1) is 18.0. The van der Waals surface area contributed by atoms with Gasteiger partial charge in [-0.1, -0.05) is 0 Å². The fourth-order valence-electron chi connectivity index (χ4n) is 3.10. The van der Waals surface area contributed by atoms with Crippen LogP contribution in [0.25, 0.3) is 0 Å². The highest BCUT2D eigenvalue weighted by Gasteiger charge is 2.19. The van der Waals surface area contributed by atoms with E-state index >= 15 is 0 Å². The van der Waals surface area contributed by atoms with Crippen molar-refractivity contribution in [1.82, 2.24) is 4.90 Å². The molecule has 0 aliphatic carbocycles. The van der Waals surface area contributed by atoms with Gasteiger partial charge in [0.1, 0.15) is 17.3 Å². The molecule has 0 saturated carbocycles. The van der Waals surface area contributed by atoms with E-state index in [2.05, 4.69) is 25.7 Å². The molecule has 0 bridgehead atoms. The summed E-state index contributed by atoms with van der Waals surface area (Å²) >= 11 is 3.49. The second-order valence-corrected chi connectivity index (χ2v) is 6.89. The summed E-state index contributed by atoms with van der Waals surface area (Å²) in [5, 5.41) is 0. The summed E-state index contributed by atoms with van der Waals surface area (Å²) in [6, 6.07) is 10.7. The number of rotatable bonds is 5. The monoisotopic (exact) mass is 408 g/mol. The number of ether oxygens (including phenoxy) is 2. The number of nitrogens with zero attached hydrogens (tertiary/aromatic N) is 2. The van der Waals surface area contributed by atoms with Gasteiger partial charge in [0.2, 0.25) is 0 Å². The summed E-state index contributed by atoms with van der Waals surface area (Å²) in [6.45, 7) is 4.53. The quantitative estimate of drug-likeness (QED) is 0.748. The maximum Gasteiger partial charge on any atom is 0.133 e. The molecule has 0 unspecified atom stereocenters. The van der Waals surface area contributed by atoms with Crippen LogP contribution in [-0.4, -0.2) is 45.3 Å². The molecule has 2 aromatic carbocycles. The van der Waals surface area contributed by atoms with Crippen LogP contribution in [0, 0.1) is 5.82 Å². The minimum atomic E-state index is -0.196. The topological polar surface area (TPSA) is 24.9 Å². The van der Waals surface area contributed by atoms with Crippen molar-refractivity contribution in [2.75, 3.05) is 45.3 Å². The van der Waals surface area contributed by atoms with E-state index in [-0.39, 0.29) is 5.82 Å². The molecule has 0 radical (unpaired) electrons. The van der Waals surface area contributed by atoms with E-state index in [0.29, 0.717) is 0 Å². The molecule has 3 rings (SSSR count). The van der Waals surface area contributed by atoms with Crippen LogP contribution in [0.2, 0.25) is 0 Å². The average molecular weight is 409 g/mol. The minimum absolute atomic E-state index is 0.196. The normalized spacial score (nSPS) is 15.3. The Morgan fingerprint density at radius 1 is 0.960 bits per heavy atom. The molecular formula is C19H22BrFN2O2. The van der Waals surface area contributed by atoms with E-state index in [4.69, 9.17) is 9.47 Å². The van der Waals surface area contributed by atoms with Crippen LogP contribution in [0.3, 0.4) is 0 Å². The molecule has 134 valence electrons. The lowest BCUT2D eigenvalue weighted by Gasteiger charge is -2.36. The minimum Gasteiger partial charge on any atom is -0.496 e. The molecule has 6 heteroatoms. The highest BCUT2D eigenvalue weighted by atomic mass is 79.9. The van der Waals surface area contributed by atoms with E-state index < -0.39 is 0 Å². The summed E-state index contributed by atoms with van der Waals surface area (Å²) in [6.07, 6.45) is 0. The second kappa shape index (κ2) is 8.06. The van der Waals surface area contributed by atoms with Gasteiger partial charge >= 0.3 is 0 Å². The molecule has 0 N–H and O–H groups in total. The zero-order valence-corrected chi connectivity index (χ0v) is 16.1. The molecule has 0 atom stereocenters. The molecule has 25 heavy (non-hydrogen) atoms. The van der Waals surface area contributed by atoms with Crippen LogP contribution < -0.4 is 14.4 Å². The second-order valence-electron chi connectivity index (χ2n) is 6.04. The number of piperazine rings is 1. The molecule has 2 aromatic rings. The van der Waals surface area contributed by atoms with Crippen molar-refractivity contribution in [2.24, 2.45) is 0 Å². The highest BCUT2D eigenvalue weighted by molar-refractivity contribution is 9.10.